The fourth-order valence-electron chi connectivity index (χ4n) is 6.00. The maximum Gasteiger partial charge on any atom is 0.414 e. The zero-order chi connectivity index (χ0) is 30.9. The number of anilines is 1. The lowest BCUT2D eigenvalue weighted by atomic mass is 9.71. The summed E-state index contributed by atoms with van der Waals surface area (Å²) in [6.07, 6.45) is 2.89. The maximum absolute atomic E-state index is 13.3. The van der Waals surface area contributed by atoms with Gasteiger partial charge in [0.25, 0.3) is 11.8 Å². The van der Waals surface area contributed by atoms with Crippen molar-refractivity contribution in [3.05, 3.63) is 88.7 Å². The number of nitrogens with zero attached hydrogens (tertiary/aromatic N) is 4. The van der Waals surface area contributed by atoms with E-state index in [1.54, 1.807) is 26.0 Å². The predicted molar refractivity (Wildman–Crippen MR) is 167 cm³/mol. The van der Waals surface area contributed by atoms with Crippen molar-refractivity contribution in [1.29, 1.82) is 0 Å². The Balaban J connectivity index is 1.22. The molecule has 1 spiro atoms. The average molecular weight is 586 g/mol. The van der Waals surface area contributed by atoms with Crippen LogP contribution >= 0.6 is 0 Å². The molecular formula is C34H43N5O4. The number of benzene rings is 2. The van der Waals surface area contributed by atoms with E-state index in [0.717, 1.165) is 43.7 Å². The van der Waals surface area contributed by atoms with Gasteiger partial charge in [0, 0.05) is 64.3 Å². The van der Waals surface area contributed by atoms with Crippen molar-refractivity contribution in [3.63, 3.8) is 0 Å². The van der Waals surface area contributed by atoms with Crippen molar-refractivity contribution in [1.82, 2.24) is 19.7 Å². The summed E-state index contributed by atoms with van der Waals surface area (Å²) < 4.78 is 7.64. The topological polar surface area (TPSA) is 87.1 Å². The summed E-state index contributed by atoms with van der Waals surface area (Å²) in [5.41, 5.74) is 4.81. The smallest absolute Gasteiger partial charge is 0.414 e. The highest BCUT2D eigenvalue weighted by Gasteiger charge is 2.48. The lowest BCUT2D eigenvalue weighted by Gasteiger charge is -2.53. The third kappa shape index (κ3) is 6.32. The van der Waals surface area contributed by atoms with Crippen molar-refractivity contribution in [2.45, 2.75) is 70.8 Å². The number of aromatic nitrogens is 1. The molecule has 5 rings (SSSR count). The summed E-state index contributed by atoms with van der Waals surface area (Å²) in [7, 11) is 5.21. The summed E-state index contributed by atoms with van der Waals surface area (Å²) in [6, 6.07) is 19.5. The molecule has 9 nitrogen and oxygen atoms in total. The Labute approximate surface area is 254 Å². The minimum Gasteiger partial charge on any atom is -0.443 e. The van der Waals surface area contributed by atoms with E-state index < -0.39 is 11.7 Å². The van der Waals surface area contributed by atoms with Gasteiger partial charge in [0.15, 0.2) is 0 Å². The first kappa shape index (κ1) is 30.4. The van der Waals surface area contributed by atoms with Crippen LogP contribution in [0.3, 0.4) is 0 Å². The lowest BCUT2D eigenvalue weighted by molar-refractivity contribution is -0.0217. The molecule has 2 aromatic carbocycles. The van der Waals surface area contributed by atoms with Crippen molar-refractivity contribution in [3.8, 4) is 0 Å². The molecule has 9 heteroatoms. The monoisotopic (exact) mass is 585 g/mol. The number of nitrogens with one attached hydrogen (secondary N) is 1. The van der Waals surface area contributed by atoms with E-state index in [4.69, 9.17) is 4.74 Å². The Hall–Kier alpha value is -4.11. The van der Waals surface area contributed by atoms with E-state index in [-0.39, 0.29) is 17.4 Å². The predicted octanol–water partition coefficient (Wildman–Crippen LogP) is 5.39. The van der Waals surface area contributed by atoms with Crippen molar-refractivity contribution in [2.24, 2.45) is 0 Å². The van der Waals surface area contributed by atoms with Gasteiger partial charge in [-0.05, 0) is 87.6 Å². The minimum absolute atomic E-state index is 0.00596. The van der Waals surface area contributed by atoms with Gasteiger partial charge in [0.1, 0.15) is 11.3 Å². The summed E-state index contributed by atoms with van der Waals surface area (Å²) in [4.78, 5) is 43.6. The van der Waals surface area contributed by atoms with Gasteiger partial charge in [0.2, 0.25) is 0 Å². The third-order valence-electron chi connectivity index (χ3n) is 8.49. The Kier molecular flexibility index (Phi) is 8.38. The highest BCUT2D eigenvalue weighted by Crippen LogP contribution is 2.49. The van der Waals surface area contributed by atoms with Crippen LogP contribution in [0.25, 0.3) is 0 Å². The van der Waals surface area contributed by atoms with E-state index in [2.05, 4.69) is 33.0 Å². The van der Waals surface area contributed by atoms with Crippen molar-refractivity contribution in [2.75, 3.05) is 32.6 Å². The van der Waals surface area contributed by atoms with Gasteiger partial charge in [-0.2, -0.15) is 0 Å². The standard InChI is InChI=1S/C34H43N5O4/c1-33(2,3)43-32(42)37(6)27-14-10-24(11-15-27)22-35-30(40)28-16-17-29-34(18-7-19-34)38(20-21-39(28)29)23-25-8-12-26(13-9-25)31(41)36(4)5/h8-17H,7,18-23H2,1-6H3,(H,35,40). The number of ether oxygens (including phenoxy) is 1. The van der Waals surface area contributed by atoms with Crippen LogP contribution in [-0.2, 0) is 29.9 Å². The fraction of sp³-hybridized carbons (Fsp3) is 0.441. The second kappa shape index (κ2) is 11.9. The van der Waals surface area contributed by atoms with Gasteiger partial charge in [0.05, 0.1) is 5.54 Å². The molecule has 0 saturated heterocycles. The Morgan fingerprint density at radius 3 is 2.12 bits per heavy atom. The van der Waals surface area contributed by atoms with Crippen LogP contribution < -0.4 is 10.2 Å². The Morgan fingerprint density at radius 1 is 0.884 bits per heavy atom. The second-order valence-corrected chi connectivity index (χ2v) is 12.8. The van der Waals surface area contributed by atoms with Crippen LogP contribution in [0.15, 0.2) is 60.7 Å². The van der Waals surface area contributed by atoms with E-state index in [9.17, 15) is 14.4 Å². The number of hydrogen-bond donors (Lipinski definition) is 1. The molecule has 228 valence electrons. The first-order valence-electron chi connectivity index (χ1n) is 15.0. The Bertz CT molecular complexity index is 1480. The first-order chi connectivity index (χ1) is 20.4. The minimum atomic E-state index is -0.565. The zero-order valence-electron chi connectivity index (χ0n) is 26.1. The second-order valence-electron chi connectivity index (χ2n) is 12.8. The highest BCUT2D eigenvalue weighted by atomic mass is 16.6. The summed E-state index contributed by atoms with van der Waals surface area (Å²) in [5.74, 6) is -0.0864. The Morgan fingerprint density at radius 2 is 1.53 bits per heavy atom. The molecule has 2 heterocycles. The molecule has 3 aromatic rings. The normalized spacial score (nSPS) is 15.8. The number of carbonyl (C=O) groups excluding carboxylic acids is 3. The molecule has 0 radical (unpaired) electrons. The number of amides is 3. The molecule has 1 fully saturated rings. The van der Waals surface area contributed by atoms with Crippen molar-refractivity contribution >= 4 is 23.6 Å². The van der Waals surface area contributed by atoms with E-state index in [0.29, 0.717) is 17.8 Å². The zero-order valence-corrected chi connectivity index (χ0v) is 26.1. The molecule has 1 N–H and O–H groups in total. The molecule has 1 aliphatic heterocycles. The first-order valence-corrected chi connectivity index (χ1v) is 15.0. The SMILES string of the molecule is CN(C)C(=O)c1ccc(CN2CCn3c(C(=O)NCc4ccc(N(C)C(=O)OC(C)(C)C)cc4)ccc3C23CCC3)cc1. The van der Waals surface area contributed by atoms with Gasteiger partial charge in [-0.25, -0.2) is 4.79 Å². The number of rotatable bonds is 7. The van der Waals surface area contributed by atoms with E-state index in [1.807, 2.05) is 63.2 Å². The van der Waals surface area contributed by atoms with Crippen LogP contribution in [0, 0.1) is 0 Å². The molecule has 0 atom stereocenters. The molecule has 0 bridgehead atoms. The van der Waals surface area contributed by atoms with Crippen LogP contribution in [-0.4, -0.2) is 65.6 Å². The molecular weight excluding hydrogens is 542 g/mol. The molecule has 1 aliphatic carbocycles. The third-order valence-corrected chi connectivity index (χ3v) is 8.49. The molecule has 0 unspecified atom stereocenters. The van der Waals surface area contributed by atoms with Crippen LogP contribution in [0.1, 0.15) is 77.7 Å². The van der Waals surface area contributed by atoms with Crippen LogP contribution in [0.2, 0.25) is 0 Å². The number of carbonyl (C=O) groups is 3. The largest absolute Gasteiger partial charge is 0.443 e. The van der Waals surface area contributed by atoms with Gasteiger partial charge in [-0.3, -0.25) is 19.4 Å². The quantitative estimate of drug-likeness (QED) is 0.402. The maximum atomic E-state index is 13.3. The molecule has 43 heavy (non-hydrogen) atoms. The molecule has 3 amide bonds. The van der Waals surface area contributed by atoms with Crippen LogP contribution in [0.4, 0.5) is 10.5 Å². The highest BCUT2D eigenvalue weighted by molar-refractivity contribution is 5.94. The van der Waals surface area contributed by atoms with Crippen molar-refractivity contribution < 1.29 is 19.1 Å². The van der Waals surface area contributed by atoms with Crippen LogP contribution in [0.5, 0.6) is 0 Å². The summed E-state index contributed by atoms with van der Waals surface area (Å²) in [6.45, 7) is 8.31. The van der Waals surface area contributed by atoms with E-state index in [1.165, 1.54) is 22.6 Å². The lowest BCUT2D eigenvalue weighted by Crippen LogP contribution is -2.56. The summed E-state index contributed by atoms with van der Waals surface area (Å²) >= 11 is 0. The molecule has 1 aromatic heterocycles. The summed E-state index contributed by atoms with van der Waals surface area (Å²) in [5, 5.41) is 3.08. The fourth-order valence-corrected chi connectivity index (χ4v) is 6.00. The van der Waals surface area contributed by atoms with E-state index >= 15 is 0 Å². The number of hydrogen-bond acceptors (Lipinski definition) is 5. The number of fused-ring (bicyclic) bond motifs is 2. The van der Waals surface area contributed by atoms with Gasteiger partial charge in [-0.1, -0.05) is 24.3 Å². The van der Waals surface area contributed by atoms with Gasteiger partial charge in [-0.15, -0.1) is 0 Å². The van der Waals surface area contributed by atoms with Gasteiger partial charge >= 0.3 is 6.09 Å². The average Bonchev–Trinajstić information content (AvgIpc) is 3.38. The molecule has 2 aliphatic rings. The van der Waals surface area contributed by atoms with Gasteiger partial charge < -0.3 is 19.5 Å². The molecule has 1 saturated carbocycles.